The van der Waals surface area contributed by atoms with Crippen LogP contribution in [0.15, 0.2) is 54.9 Å². The number of carbonyl (C=O) groups is 1. The van der Waals surface area contributed by atoms with Crippen LogP contribution in [-0.2, 0) is 6.42 Å². The molecule has 1 saturated heterocycles. The van der Waals surface area contributed by atoms with Gasteiger partial charge in [0.2, 0.25) is 0 Å². The predicted octanol–water partition coefficient (Wildman–Crippen LogP) is 3.66. The second-order valence-electron chi connectivity index (χ2n) is 8.37. The van der Waals surface area contributed by atoms with Gasteiger partial charge in [-0.25, -0.2) is 4.98 Å². The molecule has 1 aliphatic rings. The van der Waals surface area contributed by atoms with Gasteiger partial charge in [-0.05, 0) is 57.0 Å². The van der Waals surface area contributed by atoms with Crippen molar-refractivity contribution >= 4 is 5.91 Å². The summed E-state index contributed by atoms with van der Waals surface area (Å²) in [6.45, 7) is 7.08. The van der Waals surface area contributed by atoms with Crippen LogP contribution in [0.2, 0.25) is 0 Å². The van der Waals surface area contributed by atoms with Crippen molar-refractivity contribution < 1.29 is 4.79 Å². The summed E-state index contributed by atoms with van der Waals surface area (Å²) >= 11 is 0. The first-order valence-electron chi connectivity index (χ1n) is 11.0. The molecule has 31 heavy (non-hydrogen) atoms. The Balaban J connectivity index is 1.37. The van der Waals surface area contributed by atoms with Crippen LogP contribution in [-0.4, -0.2) is 63.0 Å². The van der Waals surface area contributed by atoms with E-state index in [1.165, 1.54) is 0 Å². The third-order valence-corrected chi connectivity index (χ3v) is 6.38. The Morgan fingerprint density at radius 3 is 2.42 bits per heavy atom. The molecule has 0 aliphatic carbocycles. The molecule has 0 spiro atoms. The number of hydrogen-bond acceptors (Lipinski definition) is 4. The van der Waals surface area contributed by atoms with Gasteiger partial charge in [0.05, 0.1) is 5.56 Å². The van der Waals surface area contributed by atoms with Crippen molar-refractivity contribution in [1.82, 2.24) is 24.3 Å². The van der Waals surface area contributed by atoms with Gasteiger partial charge >= 0.3 is 0 Å². The maximum Gasteiger partial charge on any atom is 0.255 e. The van der Waals surface area contributed by atoms with E-state index in [0.717, 1.165) is 67.4 Å². The molecular weight excluding hydrogens is 386 g/mol. The van der Waals surface area contributed by atoms with Gasteiger partial charge in [-0.3, -0.25) is 9.78 Å². The minimum atomic E-state index is 0.0993. The average Bonchev–Trinajstić information content (AvgIpc) is 3.12. The third kappa shape index (κ3) is 4.69. The minimum absolute atomic E-state index is 0.0993. The molecule has 0 radical (unpaired) electrons. The molecule has 162 valence electrons. The van der Waals surface area contributed by atoms with Crippen molar-refractivity contribution in [3.8, 4) is 5.82 Å². The van der Waals surface area contributed by atoms with Gasteiger partial charge in [0, 0.05) is 68.6 Å². The summed E-state index contributed by atoms with van der Waals surface area (Å²) in [6.07, 6.45) is 6.61. The molecule has 4 heterocycles. The maximum atomic E-state index is 13.3. The van der Waals surface area contributed by atoms with Gasteiger partial charge in [0.15, 0.2) is 0 Å². The Kier molecular flexibility index (Phi) is 6.47. The molecular formula is C25H31N5O. The van der Waals surface area contributed by atoms with Crippen LogP contribution >= 0.6 is 0 Å². The molecule has 1 amide bonds. The zero-order valence-corrected chi connectivity index (χ0v) is 18.7. The van der Waals surface area contributed by atoms with E-state index in [1.807, 2.05) is 68.4 Å². The number of carbonyl (C=O) groups excluding carboxylic acids is 1. The summed E-state index contributed by atoms with van der Waals surface area (Å²) in [6, 6.07) is 14.2. The first-order valence-corrected chi connectivity index (χ1v) is 11.0. The second kappa shape index (κ2) is 9.43. The van der Waals surface area contributed by atoms with E-state index < -0.39 is 0 Å². The number of aryl methyl sites for hydroxylation is 1. The van der Waals surface area contributed by atoms with E-state index in [0.29, 0.717) is 0 Å². The van der Waals surface area contributed by atoms with Crippen LogP contribution in [0, 0.1) is 13.8 Å². The van der Waals surface area contributed by atoms with E-state index in [2.05, 4.69) is 25.5 Å². The van der Waals surface area contributed by atoms with Crippen LogP contribution in [0.3, 0.4) is 0 Å². The lowest BCUT2D eigenvalue weighted by Gasteiger charge is -2.36. The van der Waals surface area contributed by atoms with Crippen LogP contribution in [0.1, 0.15) is 40.3 Å². The normalized spacial score (nSPS) is 15.2. The van der Waals surface area contributed by atoms with Crippen LogP contribution in [0.25, 0.3) is 5.82 Å². The summed E-state index contributed by atoms with van der Waals surface area (Å²) in [5.74, 6) is 0.947. The lowest BCUT2D eigenvalue weighted by atomic mass is 10.0. The Hall–Kier alpha value is -2.99. The number of likely N-dealkylation sites (tertiary alicyclic amines) is 1. The third-order valence-electron chi connectivity index (χ3n) is 6.38. The van der Waals surface area contributed by atoms with Crippen molar-refractivity contribution in [3.05, 3.63) is 77.5 Å². The van der Waals surface area contributed by atoms with E-state index in [9.17, 15) is 4.79 Å². The number of rotatable bonds is 6. The van der Waals surface area contributed by atoms with E-state index in [-0.39, 0.29) is 11.9 Å². The summed E-state index contributed by atoms with van der Waals surface area (Å²) in [7, 11) is 1.95. The monoisotopic (exact) mass is 417 g/mol. The first kappa shape index (κ1) is 21.2. The molecule has 3 aromatic rings. The fourth-order valence-electron chi connectivity index (χ4n) is 4.52. The van der Waals surface area contributed by atoms with Gasteiger partial charge in [0.1, 0.15) is 5.82 Å². The molecule has 1 aliphatic heterocycles. The highest BCUT2D eigenvalue weighted by Gasteiger charge is 2.28. The Morgan fingerprint density at radius 1 is 1.06 bits per heavy atom. The highest BCUT2D eigenvalue weighted by atomic mass is 16.2. The van der Waals surface area contributed by atoms with Gasteiger partial charge in [-0.1, -0.05) is 12.1 Å². The molecule has 0 atom stereocenters. The molecule has 0 unspecified atom stereocenters. The molecule has 0 aromatic carbocycles. The second-order valence-corrected chi connectivity index (χ2v) is 8.37. The quantitative estimate of drug-likeness (QED) is 0.614. The van der Waals surface area contributed by atoms with Gasteiger partial charge in [-0.2, -0.15) is 0 Å². The Morgan fingerprint density at radius 2 is 1.77 bits per heavy atom. The molecule has 6 heteroatoms. The SMILES string of the molecule is Cc1cc(C(=O)N(C)C2CCN(CCc3ccccn3)CC2)c(C)n1-c1ccccn1. The van der Waals surface area contributed by atoms with Gasteiger partial charge < -0.3 is 14.4 Å². The zero-order chi connectivity index (χ0) is 21.8. The first-order chi connectivity index (χ1) is 15.0. The predicted molar refractivity (Wildman–Crippen MR) is 123 cm³/mol. The smallest absolute Gasteiger partial charge is 0.255 e. The largest absolute Gasteiger partial charge is 0.339 e. The maximum absolute atomic E-state index is 13.3. The van der Waals surface area contributed by atoms with Crippen LogP contribution in [0.4, 0.5) is 0 Å². The number of hydrogen-bond donors (Lipinski definition) is 0. The molecule has 3 aromatic heterocycles. The number of amides is 1. The van der Waals surface area contributed by atoms with E-state index in [4.69, 9.17) is 0 Å². The average molecular weight is 418 g/mol. The fourth-order valence-corrected chi connectivity index (χ4v) is 4.52. The summed E-state index contributed by atoms with van der Waals surface area (Å²) in [5, 5.41) is 0. The van der Waals surface area contributed by atoms with Crippen molar-refractivity contribution in [3.63, 3.8) is 0 Å². The summed E-state index contributed by atoms with van der Waals surface area (Å²) in [4.78, 5) is 26.6. The molecule has 6 nitrogen and oxygen atoms in total. The Bertz CT molecular complexity index is 1010. The number of pyridine rings is 2. The zero-order valence-electron chi connectivity index (χ0n) is 18.7. The summed E-state index contributed by atoms with van der Waals surface area (Å²) < 4.78 is 2.06. The lowest BCUT2D eigenvalue weighted by Crippen LogP contribution is -2.46. The topological polar surface area (TPSA) is 54.3 Å². The van der Waals surface area contributed by atoms with Crippen molar-refractivity contribution in [2.45, 2.75) is 39.2 Å². The van der Waals surface area contributed by atoms with E-state index in [1.54, 1.807) is 6.20 Å². The molecule has 1 fully saturated rings. The summed E-state index contributed by atoms with van der Waals surface area (Å²) in [5.41, 5.74) is 3.88. The highest BCUT2D eigenvalue weighted by molar-refractivity contribution is 5.96. The number of aromatic nitrogens is 3. The molecule has 0 saturated carbocycles. The van der Waals surface area contributed by atoms with Crippen molar-refractivity contribution in [2.75, 3.05) is 26.7 Å². The van der Waals surface area contributed by atoms with Gasteiger partial charge in [0.25, 0.3) is 5.91 Å². The number of piperidine rings is 1. The Labute approximate surface area is 184 Å². The van der Waals surface area contributed by atoms with Gasteiger partial charge in [-0.15, -0.1) is 0 Å². The lowest BCUT2D eigenvalue weighted by molar-refractivity contribution is 0.0642. The molecule has 0 bridgehead atoms. The number of nitrogens with zero attached hydrogens (tertiary/aromatic N) is 5. The molecule has 0 N–H and O–H groups in total. The van der Waals surface area contributed by atoms with Crippen LogP contribution < -0.4 is 0 Å². The van der Waals surface area contributed by atoms with Crippen LogP contribution in [0.5, 0.6) is 0 Å². The van der Waals surface area contributed by atoms with E-state index >= 15 is 0 Å². The van der Waals surface area contributed by atoms with Crippen molar-refractivity contribution in [1.29, 1.82) is 0 Å². The fraction of sp³-hybridized carbons (Fsp3) is 0.400. The highest BCUT2D eigenvalue weighted by Crippen LogP contribution is 2.23. The minimum Gasteiger partial charge on any atom is -0.339 e. The van der Waals surface area contributed by atoms with Crippen molar-refractivity contribution in [2.24, 2.45) is 0 Å². The molecule has 4 rings (SSSR count). The standard InChI is InChI=1S/C25H31N5O/c1-19-18-23(20(2)30(19)24-9-5-7-14-27-24)25(31)28(3)22-11-16-29(17-12-22)15-10-21-8-4-6-13-26-21/h4-9,13-14,18,22H,10-12,15-17H2,1-3H3.